The van der Waals surface area contributed by atoms with Crippen LogP contribution in [-0.4, -0.2) is 25.9 Å². The summed E-state index contributed by atoms with van der Waals surface area (Å²) in [6.07, 6.45) is -2.93. The second-order valence-corrected chi connectivity index (χ2v) is 5.70. The third-order valence-electron chi connectivity index (χ3n) is 3.50. The van der Waals surface area contributed by atoms with E-state index in [1.807, 2.05) is 13.8 Å². The predicted octanol–water partition coefficient (Wildman–Crippen LogP) is 3.79. The molecular formula is C16H14F3N5O2. The molecule has 0 aliphatic carbocycles. The SMILES string of the molecule is CC(C)n1nccc1C(=O)Nc1nnc(-c2ccc(C(F)(F)F)cc2)o1. The van der Waals surface area contributed by atoms with Crippen molar-refractivity contribution in [2.24, 2.45) is 0 Å². The fourth-order valence-electron chi connectivity index (χ4n) is 2.26. The molecule has 0 bridgehead atoms. The van der Waals surface area contributed by atoms with Crippen LogP contribution in [-0.2, 0) is 6.18 Å². The number of hydrogen-bond acceptors (Lipinski definition) is 5. The van der Waals surface area contributed by atoms with Gasteiger partial charge in [-0.2, -0.15) is 18.3 Å². The van der Waals surface area contributed by atoms with E-state index in [0.717, 1.165) is 12.1 Å². The van der Waals surface area contributed by atoms with Gasteiger partial charge in [-0.25, -0.2) is 0 Å². The molecular weight excluding hydrogens is 351 g/mol. The van der Waals surface area contributed by atoms with E-state index in [2.05, 4.69) is 20.6 Å². The van der Waals surface area contributed by atoms with E-state index in [1.165, 1.54) is 23.0 Å². The molecule has 0 atom stereocenters. The van der Waals surface area contributed by atoms with Gasteiger partial charge in [-0.05, 0) is 44.2 Å². The molecule has 26 heavy (non-hydrogen) atoms. The van der Waals surface area contributed by atoms with Crippen LogP contribution in [0.25, 0.3) is 11.5 Å². The van der Waals surface area contributed by atoms with Crippen molar-refractivity contribution in [3.63, 3.8) is 0 Å². The predicted molar refractivity (Wildman–Crippen MR) is 85.3 cm³/mol. The Kier molecular flexibility index (Phi) is 4.49. The van der Waals surface area contributed by atoms with Crippen LogP contribution in [0.15, 0.2) is 40.9 Å². The molecule has 0 fully saturated rings. The number of alkyl halides is 3. The van der Waals surface area contributed by atoms with Gasteiger partial charge in [-0.15, -0.1) is 5.10 Å². The van der Waals surface area contributed by atoms with E-state index >= 15 is 0 Å². The normalized spacial score (nSPS) is 11.8. The maximum absolute atomic E-state index is 12.6. The lowest BCUT2D eigenvalue weighted by Crippen LogP contribution is -2.19. The van der Waals surface area contributed by atoms with Crippen molar-refractivity contribution < 1.29 is 22.4 Å². The van der Waals surface area contributed by atoms with Crippen LogP contribution >= 0.6 is 0 Å². The number of halogens is 3. The molecule has 0 saturated heterocycles. The van der Waals surface area contributed by atoms with E-state index in [0.29, 0.717) is 11.3 Å². The molecule has 0 spiro atoms. The molecule has 0 radical (unpaired) electrons. The lowest BCUT2D eigenvalue weighted by molar-refractivity contribution is -0.137. The van der Waals surface area contributed by atoms with Crippen molar-refractivity contribution in [3.05, 3.63) is 47.8 Å². The zero-order valence-corrected chi connectivity index (χ0v) is 13.8. The highest BCUT2D eigenvalue weighted by Crippen LogP contribution is 2.30. The minimum atomic E-state index is -4.42. The Labute approximate surface area is 145 Å². The van der Waals surface area contributed by atoms with Crippen molar-refractivity contribution in [3.8, 4) is 11.5 Å². The van der Waals surface area contributed by atoms with E-state index in [1.54, 1.807) is 6.07 Å². The van der Waals surface area contributed by atoms with Gasteiger partial charge in [-0.3, -0.25) is 14.8 Å². The molecule has 0 aliphatic heterocycles. The number of carbonyl (C=O) groups excluding carboxylic acids is 1. The van der Waals surface area contributed by atoms with Crippen LogP contribution in [0.4, 0.5) is 19.2 Å². The number of nitrogens with one attached hydrogen (secondary N) is 1. The molecule has 3 aromatic rings. The van der Waals surface area contributed by atoms with Gasteiger partial charge in [0.1, 0.15) is 5.69 Å². The maximum Gasteiger partial charge on any atom is 0.416 e. The van der Waals surface area contributed by atoms with Gasteiger partial charge in [0.25, 0.3) is 5.91 Å². The van der Waals surface area contributed by atoms with Crippen LogP contribution in [0.2, 0.25) is 0 Å². The highest BCUT2D eigenvalue weighted by molar-refractivity contribution is 6.01. The Hall–Kier alpha value is -3.17. The number of benzene rings is 1. The topological polar surface area (TPSA) is 85.8 Å². The van der Waals surface area contributed by atoms with Crippen molar-refractivity contribution in [1.29, 1.82) is 0 Å². The standard InChI is InChI=1S/C16H14F3N5O2/c1-9(2)24-12(7-8-20-24)13(25)21-15-23-22-14(26-15)10-3-5-11(6-4-10)16(17,18)19/h3-9H,1-2H3,(H,21,23,25). The molecule has 1 N–H and O–H groups in total. The van der Waals surface area contributed by atoms with Gasteiger partial charge in [0, 0.05) is 17.8 Å². The number of rotatable bonds is 4. The van der Waals surface area contributed by atoms with E-state index in [-0.39, 0.29) is 17.9 Å². The van der Waals surface area contributed by atoms with Crippen LogP contribution in [0.3, 0.4) is 0 Å². The zero-order chi connectivity index (χ0) is 18.9. The minimum absolute atomic E-state index is 0.00797. The molecule has 0 saturated carbocycles. The monoisotopic (exact) mass is 365 g/mol. The summed E-state index contributed by atoms with van der Waals surface area (Å²) < 4.78 is 44.6. The molecule has 2 heterocycles. The average Bonchev–Trinajstić information content (AvgIpc) is 3.23. The van der Waals surface area contributed by atoms with Crippen molar-refractivity contribution in [1.82, 2.24) is 20.0 Å². The third-order valence-corrected chi connectivity index (χ3v) is 3.50. The lowest BCUT2D eigenvalue weighted by Gasteiger charge is -2.09. The molecule has 7 nitrogen and oxygen atoms in total. The van der Waals surface area contributed by atoms with Crippen LogP contribution < -0.4 is 5.32 Å². The average molecular weight is 365 g/mol. The van der Waals surface area contributed by atoms with Gasteiger partial charge >= 0.3 is 12.2 Å². The summed E-state index contributed by atoms with van der Waals surface area (Å²) in [5.41, 5.74) is -0.163. The van der Waals surface area contributed by atoms with Gasteiger partial charge in [0.15, 0.2) is 0 Å². The number of amides is 1. The number of anilines is 1. The Morgan fingerprint density at radius 3 is 2.46 bits per heavy atom. The first kappa shape index (κ1) is 17.6. The van der Waals surface area contributed by atoms with Crippen LogP contribution in [0.1, 0.15) is 35.9 Å². The molecule has 136 valence electrons. The lowest BCUT2D eigenvalue weighted by atomic mass is 10.1. The molecule has 1 amide bonds. The number of carbonyl (C=O) groups is 1. The summed E-state index contributed by atoms with van der Waals surface area (Å²) in [7, 11) is 0. The summed E-state index contributed by atoms with van der Waals surface area (Å²) >= 11 is 0. The highest BCUT2D eigenvalue weighted by atomic mass is 19.4. The second-order valence-electron chi connectivity index (χ2n) is 5.70. The van der Waals surface area contributed by atoms with Crippen molar-refractivity contribution in [2.45, 2.75) is 26.1 Å². The van der Waals surface area contributed by atoms with Crippen LogP contribution in [0, 0.1) is 0 Å². The van der Waals surface area contributed by atoms with Gasteiger partial charge < -0.3 is 4.42 Å². The highest BCUT2D eigenvalue weighted by Gasteiger charge is 2.30. The number of aromatic nitrogens is 4. The second kappa shape index (κ2) is 6.62. The Balaban J connectivity index is 1.76. The van der Waals surface area contributed by atoms with E-state index < -0.39 is 17.6 Å². The Bertz CT molecular complexity index is 913. The molecule has 1 aromatic carbocycles. The summed E-state index contributed by atoms with van der Waals surface area (Å²) in [4.78, 5) is 12.3. The molecule has 2 aromatic heterocycles. The summed E-state index contributed by atoms with van der Waals surface area (Å²) in [6.45, 7) is 3.75. The fraction of sp³-hybridized carbons (Fsp3) is 0.250. The first-order valence-electron chi connectivity index (χ1n) is 7.61. The largest absolute Gasteiger partial charge is 0.416 e. The third kappa shape index (κ3) is 3.58. The van der Waals surface area contributed by atoms with Gasteiger partial charge in [0.2, 0.25) is 5.89 Å². The first-order chi connectivity index (χ1) is 12.3. The summed E-state index contributed by atoms with van der Waals surface area (Å²) in [6, 6.07) is 5.63. The molecule has 0 aliphatic rings. The molecule has 3 rings (SSSR count). The van der Waals surface area contributed by atoms with E-state index in [9.17, 15) is 18.0 Å². The Morgan fingerprint density at radius 2 is 1.85 bits per heavy atom. The number of nitrogens with zero attached hydrogens (tertiary/aromatic N) is 4. The zero-order valence-electron chi connectivity index (χ0n) is 13.8. The summed E-state index contributed by atoms with van der Waals surface area (Å²) in [5, 5.41) is 13.9. The van der Waals surface area contributed by atoms with Gasteiger partial charge in [0.05, 0.1) is 5.56 Å². The van der Waals surface area contributed by atoms with Crippen LogP contribution in [0.5, 0.6) is 0 Å². The van der Waals surface area contributed by atoms with Gasteiger partial charge in [-0.1, -0.05) is 5.10 Å². The van der Waals surface area contributed by atoms with Crippen molar-refractivity contribution in [2.75, 3.05) is 5.32 Å². The number of hydrogen-bond donors (Lipinski definition) is 1. The fourth-order valence-corrected chi connectivity index (χ4v) is 2.26. The van der Waals surface area contributed by atoms with Crippen molar-refractivity contribution >= 4 is 11.9 Å². The minimum Gasteiger partial charge on any atom is -0.403 e. The quantitative estimate of drug-likeness (QED) is 0.760. The Morgan fingerprint density at radius 1 is 1.15 bits per heavy atom. The molecule has 0 unspecified atom stereocenters. The maximum atomic E-state index is 12.6. The van der Waals surface area contributed by atoms with E-state index in [4.69, 9.17) is 4.42 Å². The smallest absolute Gasteiger partial charge is 0.403 e. The first-order valence-corrected chi connectivity index (χ1v) is 7.61. The molecule has 10 heteroatoms. The summed E-state index contributed by atoms with van der Waals surface area (Å²) in [5.74, 6) is -0.495.